The fourth-order valence-electron chi connectivity index (χ4n) is 5.33. The zero-order chi connectivity index (χ0) is 20.4. The molecule has 6 nitrogen and oxygen atoms in total. The van der Waals surface area contributed by atoms with E-state index in [9.17, 15) is 9.59 Å². The van der Waals surface area contributed by atoms with Gasteiger partial charge in [-0.15, -0.1) is 0 Å². The molecule has 1 aromatic carbocycles. The van der Waals surface area contributed by atoms with E-state index in [-0.39, 0.29) is 24.0 Å². The van der Waals surface area contributed by atoms with Gasteiger partial charge in [-0.05, 0) is 56.2 Å². The lowest BCUT2D eigenvalue weighted by atomic mass is 9.98. The van der Waals surface area contributed by atoms with Crippen LogP contribution in [0.3, 0.4) is 0 Å². The maximum absolute atomic E-state index is 12.7. The minimum absolute atomic E-state index is 0.171. The molecule has 3 aliphatic heterocycles. The van der Waals surface area contributed by atoms with Crippen LogP contribution in [0.1, 0.15) is 51.0 Å². The second-order valence-corrected chi connectivity index (χ2v) is 8.65. The Morgan fingerprint density at radius 1 is 1.03 bits per heavy atom. The summed E-state index contributed by atoms with van der Waals surface area (Å²) in [6, 6.07) is 8.44. The number of benzene rings is 1. The predicted octanol–water partition coefficient (Wildman–Crippen LogP) is 2.79. The molecule has 6 heteroatoms. The van der Waals surface area contributed by atoms with Crippen molar-refractivity contribution in [3.05, 3.63) is 29.8 Å². The molecule has 1 aromatic rings. The Hall–Kier alpha value is -2.08. The van der Waals surface area contributed by atoms with Crippen molar-refractivity contribution in [2.45, 2.75) is 76.2 Å². The van der Waals surface area contributed by atoms with E-state index in [1.807, 2.05) is 29.2 Å². The number of ether oxygens (including phenoxy) is 2. The monoisotopic (exact) mass is 400 g/mol. The SMILES string of the molecule is COc1cccc(CC(=O)N2CCC(OC3C[C@H]4CC[C@@H](C3)N4C(C)=O)CC2)c1. The van der Waals surface area contributed by atoms with Crippen LogP contribution in [0.2, 0.25) is 0 Å². The minimum atomic E-state index is 0.171. The number of carbonyl (C=O) groups excluding carboxylic acids is 2. The number of hydrogen-bond donors (Lipinski definition) is 0. The predicted molar refractivity (Wildman–Crippen MR) is 110 cm³/mol. The number of hydrogen-bond acceptors (Lipinski definition) is 4. The molecular weight excluding hydrogens is 368 g/mol. The zero-order valence-corrected chi connectivity index (χ0v) is 17.5. The van der Waals surface area contributed by atoms with Crippen LogP contribution in [0, 0.1) is 0 Å². The first-order valence-corrected chi connectivity index (χ1v) is 10.9. The van der Waals surface area contributed by atoms with E-state index < -0.39 is 0 Å². The summed E-state index contributed by atoms with van der Waals surface area (Å²) >= 11 is 0. The van der Waals surface area contributed by atoms with Crippen LogP contribution in [0.5, 0.6) is 5.75 Å². The van der Waals surface area contributed by atoms with Gasteiger partial charge in [0.15, 0.2) is 0 Å². The quantitative estimate of drug-likeness (QED) is 0.763. The molecule has 1 unspecified atom stereocenters. The Morgan fingerprint density at radius 3 is 2.34 bits per heavy atom. The van der Waals surface area contributed by atoms with Crippen molar-refractivity contribution < 1.29 is 19.1 Å². The number of carbonyl (C=O) groups is 2. The molecule has 4 rings (SSSR count). The summed E-state index contributed by atoms with van der Waals surface area (Å²) in [6.45, 7) is 3.20. The molecule has 2 amide bonds. The number of nitrogens with zero attached hydrogens (tertiary/aromatic N) is 2. The lowest BCUT2D eigenvalue weighted by Crippen LogP contribution is -2.49. The van der Waals surface area contributed by atoms with E-state index in [0.29, 0.717) is 18.5 Å². The highest BCUT2D eigenvalue weighted by Crippen LogP contribution is 2.37. The number of fused-ring (bicyclic) bond motifs is 2. The summed E-state index contributed by atoms with van der Waals surface area (Å²) in [4.78, 5) is 28.6. The first-order valence-electron chi connectivity index (χ1n) is 10.9. The van der Waals surface area contributed by atoms with Gasteiger partial charge in [0, 0.05) is 32.1 Å². The lowest BCUT2D eigenvalue weighted by Gasteiger charge is -2.41. The van der Waals surface area contributed by atoms with E-state index in [4.69, 9.17) is 9.47 Å². The number of rotatable bonds is 5. The van der Waals surface area contributed by atoms with Crippen LogP contribution in [-0.2, 0) is 20.7 Å². The van der Waals surface area contributed by atoms with E-state index >= 15 is 0 Å². The van der Waals surface area contributed by atoms with Crippen molar-refractivity contribution in [2.24, 2.45) is 0 Å². The van der Waals surface area contributed by atoms with Gasteiger partial charge in [-0.3, -0.25) is 9.59 Å². The summed E-state index contributed by atoms with van der Waals surface area (Å²) < 4.78 is 11.7. The molecule has 3 fully saturated rings. The van der Waals surface area contributed by atoms with E-state index in [1.54, 1.807) is 14.0 Å². The first-order chi connectivity index (χ1) is 14.0. The van der Waals surface area contributed by atoms with Crippen LogP contribution < -0.4 is 4.74 Å². The van der Waals surface area contributed by atoms with Gasteiger partial charge in [0.25, 0.3) is 0 Å². The van der Waals surface area contributed by atoms with Crippen molar-refractivity contribution in [1.82, 2.24) is 9.80 Å². The molecule has 3 atom stereocenters. The van der Waals surface area contributed by atoms with Crippen LogP contribution in [0.15, 0.2) is 24.3 Å². The normalized spacial score (nSPS) is 27.2. The number of likely N-dealkylation sites (tertiary alicyclic amines) is 1. The standard InChI is InChI=1S/C23H32N2O4/c1-16(26)25-18-6-7-19(25)15-22(14-18)29-20-8-10-24(11-9-20)23(27)13-17-4-3-5-21(12-17)28-2/h3-5,12,18-20,22H,6-11,13-15H2,1-2H3/t18-,19+,22?. The maximum atomic E-state index is 12.7. The zero-order valence-electron chi connectivity index (χ0n) is 17.5. The van der Waals surface area contributed by atoms with Crippen LogP contribution >= 0.6 is 0 Å². The third kappa shape index (κ3) is 4.58. The molecule has 158 valence electrons. The average Bonchev–Trinajstić information content (AvgIpc) is 3.00. The second-order valence-electron chi connectivity index (χ2n) is 8.65. The van der Waals surface area contributed by atoms with Crippen molar-refractivity contribution in [3.8, 4) is 5.75 Å². The maximum Gasteiger partial charge on any atom is 0.226 e. The molecule has 2 bridgehead atoms. The minimum Gasteiger partial charge on any atom is -0.497 e. The molecule has 29 heavy (non-hydrogen) atoms. The molecule has 0 aromatic heterocycles. The molecule has 3 saturated heterocycles. The third-order valence-electron chi connectivity index (χ3n) is 6.72. The van der Waals surface area contributed by atoms with Gasteiger partial charge in [-0.25, -0.2) is 0 Å². The molecule has 0 aliphatic carbocycles. The molecule has 3 aliphatic rings. The summed E-state index contributed by atoms with van der Waals surface area (Å²) in [5.41, 5.74) is 0.987. The van der Waals surface area contributed by atoms with Crippen LogP contribution in [-0.4, -0.2) is 66.1 Å². The van der Waals surface area contributed by atoms with Crippen molar-refractivity contribution >= 4 is 11.8 Å². The summed E-state index contributed by atoms with van der Waals surface area (Å²) in [5.74, 6) is 1.16. The summed E-state index contributed by atoms with van der Waals surface area (Å²) in [5, 5.41) is 0. The third-order valence-corrected chi connectivity index (χ3v) is 6.72. The molecule has 0 N–H and O–H groups in total. The first kappa shape index (κ1) is 20.2. The van der Waals surface area contributed by atoms with Gasteiger partial charge in [-0.1, -0.05) is 12.1 Å². The van der Waals surface area contributed by atoms with Gasteiger partial charge in [0.2, 0.25) is 11.8 Å². The topological polar surface area (TPSA) is 59.1 Å². The van der Waals surface area contributed by atoms with Gasteiger partial charge in [0.05, 0.1) is 25.7 Å². The smallest absolute Gasteiger partial charge is 0.226 e. The largest absolute Gasteiger partial charge is 0.497 e. The number of methoxy groups -OCH3 is 1. The molecule has 0 radical (unpaired) electrons. The Morgan fingerprint density at radius 2 is 1.72 bits per heavy atom. The molecule has 0 spiro atoms. The Bertz CT molecular complexity index is 730. The van der Waals surface area contributed by atoms with Crippen molar-refractivity contribution in [3.63, 3.8) is 0 Å². The van der Waals surface area contributed by atoms with E-state index in [1.165, 1.54) is 0 Å². The van der Waals surface area contributed by atoms with E-state index in [2.05, 4.69) is 4.90 Å². The fourth-order valence-corrected chi connectivity index (χ4v) is 5.33. The van der Waals surface area contributed by atoms with Crippen LogP contribution in [0.25, 0.3) is 0 Å². The Labute approximate surface area is 173 Å². The number of piperidine rings is 2. The van der Waals surface area contributed by atoms with Gasteiger partial charge < -0.3 is 19.3 Å². The van der Waals surface area contributed by atoms with E-state index in [0.717, 1.165) is 62.9 Å². The highest BCUT2D eigenvalue weighted by molar-refractivity contribution is 5.79. The highest BCUT2D eigenvalue weighted by Gasteiger charge is 2.43. The number of amides is 2. The molecule has 0 saturated carbocycles. The average molecular weight is 401 g/mol. The summed E-state index contributed by atoms with van der Waals surface area (Å²) in [6.07, 6.45) is 6.84. The van der Waals surface area contributed by atoms with Crippen LogP contribution in [0.4, 0.5) is 0 Å². The highest BCUT2D eigenvalue weighted by atomic mass is 16.5. The fraction of sp³-hybridized carbons (Fsp3) is 0.652. The van der Waals surface area contributed by atoms with Crippen molar-refractivity contribution in [1.29, 1.82) is 0 Å². The van der Waals surface area contributed by atoms with Gasteiger partial charge in [0.1, 0.15) is 5.75 Å². The summed E-state index contributed by atoms with van der Waals surface area (Å²) in [7, 11) is 1.64. The van der Waals surface area contributed by atoms with Gasteiger partial charge in [-0.2, -0.15) is 0 Å². The Kier molecular flexibility index (Phi) is 6.09. The second kappa shape index (κ2) is 8.74. The molecule has 3 heterocycles. The van der Waals surface area contributed by atoms with Crippen molar-refractivity contribution in [2.75, 3.05) is 20.2 Å². The molecular formula is C23H32N2O4. The Balaban J connectivity index is 1.24. The lowest BCUT2D eigenvalue weighted by molar-refractivity contribution is -0.139. The van der Waals surface area contributed by atoms with Gasteiger partial charge >= 0.3 is 0 Å².